The summed E-state index contributed by atoms with van der Waals surface area (Å²) in [4.78, 5) is 17.2. The van der Waals surface area contributed by atoms with E-state index in [-0.39, 0.29) is 16.6 Å². The molecule has 3 rings (SSSR count). The van der Waals surface area contributed by atoms with Crippen molar-refractivity contribution in [2.24, 2.45) is 0 Å². The Labute approximate surface area is 194 Å². The van der Waals surface area contributed by atoms with Gasteiger partial charge in [-0.2, -0.15) is 16.5 Å². The lowest BCUT2D eigenvalue weighted by molar-refractivity contribution is -0.134. The van der Waals surface area contributed by atoms with E-state index in [0.717, 1.165) is 5.56 Å². The van der Waals surface area contributed by atoms with Gasteiger partial charge < -0.3 is 4.90 Å². The van der Waals surface area contributed by atoms with Crippen molar-refractivity contribution < 1.29 is 17.6 Å². The lowest BCUT2D eigenvalue weighted by Gasteiger charge is -2.36. The number of piperazine rings is 1. The molecule has 0 aliphatic carbocycles. The highest BCUT2D eigenvalue weighted by atomic mass is 32.2. The van der Waals surface area contributed by atoms with Crippen LogP contribution in [0, 0.1) is 12.7 Å². The first-order valence-corrected chi connectivity index (χ1v) is 13.5. The Morgan fingerprint density at radius 3 is 2.38 bits per heavy atom. The lowest BCUT2D eigenvalue weighted by Crippen LogP contribution is -2.54. The number of benzene rings is 2. The van der Waals surface area contributed by atoms with E-state index in [1.54, 1.807) is 53.1 Å². The average Bonchev–Trinajstić information content (AvgIpc) is 2.78. The topological polar surface area (TPSA) is 69.7 Å². The van der Waals surface area contributed by atoms with Gasteiger partial charge in [-0.1, -0.05) is 35.9 Å². The zero-order valence-corrected chi connectivity index (χ0v) is 20.1. The maximum Gasteiger partial charge on any atom is 0.241 e. The number of rotatable bonds is 9. The molecule has 1 atom stereocenters. The predicted molar refractivity (Wildman–Crippen MR) is 127 cm³/mol. The van der Waals surface area contributed by atoms with Crippen LogP contribution < -0.4 is 4.72 Å². The molecule has 0 radical (unpaired) electrons. The van der Waals surface area contributed by atoms with Gasteiger partial charge in [0.05, 0.1) is 4.90 Å². The van der Waals surface area contributed by atoms with Crippen LogP contribution in [-0.2, 0) is 21.4 Å². The van der Waals surface area contributed by atoms with E-state index >= 15 is 0 Å². The number of hydrogen-bond donors (Lipinski definition) is 1. The van der Waals surface area contributed by atoms with Gasteiger partial charge in [-0.15, -0.1) is 0 Å². The van der Waals surface area contributed by atoms with Crippen molar-refractivity contribution in [1.82, 2.24) is 14.5 Å². The molecule has 32 heavy (non-hydrogen) atoms. The fourth-order valence-electron chi connectivity index (χ4n) is 3.66. The zero-order chi connectivity index (χ0) is 23.1. The minimum Gasteiger partial charge on any atom is -0.339 e. The fraction of sp³-hybridized carbons (Fsp3) is 0.435. The normalized spacial score (nSPS) is 16.2. The van der Waals surface area contributed by atoms with Gasteiger partial charge in [0.1, 0.15) is 11.9 Å². The van der Waals surface area contributed by atoms with Gasteiger partial charge in [-0.25, -0.2) is 12.8 Å². The monoisotopic (exact) mass is 479 g/mol. The standard InChI is InChI=1S/C23H30FN3O3S2/c1-18-7-9-20(10-8-18)32(29,30)25-22(11-16-31-2)23(28)27-14-12-26(13-15-27)17-19-5-3-4-6-21(19)24/h3-10,22,25H,11-17H2,1-2H3. The van der Waals surface area contributed by atoms with Crippen LogP contribution in [0.4, 0.5) is 4.39 Å². The Bertz CT molecular complexity index is 1010. The highest BCUT2D eigenvalue weighted by molar-refractivity contribution is 7.98. The summed E-state index contributed by atoms with van der Waals surface area (Å²) in [5.74, 6) is 0.231. The summed E-state index contributed by atoms with van der Waals surface area (Å²) in [5.41, 5.74) is 1.60. The van der Waals surface area contributed by atoms with Gasteiger partial charge in [-0.05, 0) is 43.6 Å². The number of carbonyl (C=O) groups excluding carboxylic acids is 1. The maximum atomic E-state index is 13.9. The number of nitrogens with one attached hydrogen (secondary N) is 1. The number of nitrogens with zero attached hydrogens (tertiary/aromatic N) is 2. The van der Waals surface area contributed by atoms with E-state index in [2.05, 4.69) is 9.62 Å². The first-order valence-electron chi connectivity index (χ1n) is 10.6. The molecule has 1 fully saturated rings. The Morgan fingerprint density at radius 2 is 1.75 bits per heavy atom. The predicted octanol–water partition coefficient (Wildman–Crippen LogP) is 2.88. The van der Waals surface area contributed by atoms with Crippen molar-refractivity contribution in [3.8, 4) is 0 Å². The molecule has 1 amide bonds. The van der Waals surface area contributed by atoms with Crippen LogP contribution in [0.1, 0.15) is 17.5 Å². The smallest absolute Gasteiger partial charge is 0.241 e. The molecule has 1 aliphatic rings. The van der Waals surface area contributed by atoms with Crippen molar-refractivity contribution in [3.05, 3.63) is 65.5 Å². The van der Waals surface area contributed by atoms with Crippen LogP contribution in [0.15, 0.2) is 53.4 Å². The van der Waals surface area contributed by atoms with Crippen molar-refractivity contribution >= 4 is 27.7 Å². The lowest BCUT2D eigenvalue weighted by atomic mass is 10.1. The summed E-state index contributed by atoms with van der Waals surface area (Å²) >= 11 is 1.57. The zero-order valence-electron chi connectivity index (χ0n) is 18.5. The molecule has 9 heteroatoms. The van der Waals surface area contributed by atoms with Gasteiger partial charge in [0.15, 0.2) is 0 Å². The molecule has 1 heterocycles. The van der Waals surface area contributed by atoms with E-state index in [0.29, 0.717) is 50.5 Å². The number of thioether (sulfide) groups is 1. The second-order valence-electron chi connectivity index (χ2n) is 7.96. The minimum atomic E-state index is -3.81. The molecule has 1 saturated heterocycles. The fourth-order valence-corrected chi connectivity index (χ4v) is 5.35. The molecule has 2 aromatic rings. The highest BCUT2D eigenvalue weighted by Gasteiger charge is 2.31. The molecule has 174 valence electrons. The highest BCUT2D eigenvalue weighted by Crippen LogP contribution is 2.16. The van der Waals surface area contributed by atoms with Crippen LogP contribution in [0.25, 0.3) is 0 Å². The van der Waals surface area contributed by atoms with Gasteiger partial charge in [0.25, 0.3) is 0 Å². The van der Waals surface area contributed by atoms with E-state index in [9.17, 15) is 17.6 Å². The van der Waals surface area contributed by atoms with E-state index < -0.39 is 16.1 Å². The van der Waals surface area contributed by atoms with Crippen molar-refractivity contribution in [2.45, 2.75) is 30.8 Å². The Balaban J connectivity index is 1.63. The van der Waals surface area contributed by atoms with E-state index in [1.165, 1.54) is 6.07 Å². The Hall–Kier alpha value is -1.94. The number of halogens is 1. The van der Waals surface area contributed by atoms with Crippen LogP contribution in [-0.4, -0.2) is 68.4 Å². The van der Waals surface area contributed by atoms with Gasteiger partial charge in [-0.3, -0.25) is 9.69 Å². The Kier molecular flexibility index (Phi) is 8.70. The molecular weight excluding hydrogens is 449 g/mol. The third-order valence-corrected chi connectivity index (χ3v) is 7.70. The molecule has 0 saturated carbocycles. The molecule has 0 aromatic heterocycles. The van der Waals surface area contributed by atoms with Crippen molar-refractivity contribution in [2.75, 3.05) is 38.2 Å². The van der Waals surface area contributed by atoms with E-state index in [1.807, 2.05) is 19.2 Å². The molecule has 1 N–H and O–H groups in total. The molecule has 0 bridgehead atoms. The van der Waals surface area contributed by atoms with Crippen molar-refractivity contribution in [1.29, 1.82) is 0 Å². The largest absolute Gasteiger partial charge is 0.339 e. The third-order valence-electron chi connectivity index (χ3n) is 5.57. The summed E-state index contributed by atoms with van der Waals surface area (Å²) in [5, 5.41) is 0. The minimum absolute atomic E-state index is 0.153. The molecule has 1 unspecified atom stereocenters. The van der Waals surface area contributed by atoms with E-state index in [4.69, 9.17) is 0 Å². The molecular formula is C23H30FN3O3S2. The number of carbonyl (C=O) groups is 1. The summed E-state index contributed by atoms with van der Waals surface area (Å²) in [6.45, 7) is 4.57. The molecule has 0 spiro atoms. The third kappa shape index (κ3) is 6.54. The van der Waals surface area contributed by atoms with Crippen LogP contribution in [0.5, 0.6) is 0 Å². The molecule has 6 nitrogen and oxygen atoms in total. The summed E-state index contributed by atoms with van der Waals surface area (Å²) < 4.78 is 42.3. The van der Waals surface area contributed by atoms with Crippen LogP contribution in [0.2, 0.25) is 0 Å². The second kappa shape index (κ2) is 11.3. The second-order valence-corrected chi connectivity index (χ2v) is 10.7. The van der Waals surface area contributed by atoms with Crippen molar-refractivity contribution in [3.63, 3.8) is 0 Å². The number of sulfonamides is 1. The average molecular weight is 480 g/mol. The number of aryl methyl sites for hydroxylation is 1. The summed E-state index contributed by atoms with van der Waals surface area (Å²) in [7, 11) is -3.81. The molecule has 2 aromatic carbocycles. The quantitative estimate of drug-likeness (QED) is 0.599. The summed E-state index contributed by atoms with van der Waals surface area (Å²) in [6.07, 6.45) is 2.35. The van der Waals surface area contributed by atoms with Gasteiger partial charge in [0.2, 0.25) is 15.9 Å². The first kappa shape index (κ1) is 24.7. The first-order chi connectivity index (χ1) is 15.3. The van der Waals surface area contributed by atoms with Gasteiger partial charge >= 0.3 is 0 Å². The number of hydrogen-bond acceptors (Lipinski definition) is 5. The maximum absolute atomic E-state index is 13.9. The van der Waals surface area contributed by atoms with Gasteiger partial charge in [0, 0.05) is 38.3 Å². The SMILES string of the molecule is CSCCC(NS(=O)(=O)c1ccc(C)cc1)C(=O)N1CCN(Cc2ccccc2F)CC1. The molecule has 1 aliphatic heterocycles. The van der Waals surface area contributed by atoms with Crippen LogP contribution in [0.3, 0.4) is 0 Å². The van der Waals surface area contributed by atoms with Crippen LogP contribution >= 0.6 is 11.8 Å². The number of amides is 1. The Morgan fingerprint density at radius 1 is 1.09 bits per heavy atom. The summed E-state index contributed by atoms with van der Waals surface area (Å²) in [6, 6.07) is 12.5.